The van der Waals surface area contributed by atoms with E-state index >= 15 is 0 Å². The van der Waals surface area contributed by atoms with Gasteiger partial charge < -0.3 is 14.4 Å². The van der Waals surface area contributed by atoms with E-state index in [4.69, 9.17) is 9.47 Å². The molecule has 5 rings (SSSR count). The Bertz CT molecular complexity index is 1430. The molecule has 0 N–H and O–H groups in total. The van der Waals surface area contributed by atoms with Gasteiger partial charge >= 0.3 is 5.97 Å². The van der Waals surface area contributed by atoms with Crippen molar-refractivity contribution in [1.29, 1.82) is 0 Å². The largest absolute Gasteiger partial charge is 0.478 e. The molecule has 0 spiro atoms. The Balaban J connectivity index is 1.05. The number of fused-ring (bicyclic) bond motifs is 2. The van der Waals surface area contributed by atoms with E-state index in [1.54, 1.807) is 0 Å². The Morgan fingerprint density at radius 1 is 1.00 bits per heavy atom. The zero-order chi connectivity index (χ0) is 31.1. The molecule has 1 unspecified atom stereocenters. The number of nitrogens with zero attached hydrogens (tertiary/aromatic N) is 4. The number of amides is 1. The number of carbonyl (C=O) groups excluding carboxylic acids is 2. The molecule has 1 fully saturated rings. The minimum absolute atomic E-state index is 0.105. The summed E-state index contributed by atoms with van der Waals surface area (Å²) in [5, 5.41) is 2.61. The van der Waals surface area contributed by atoms with Gasteiger partial charge in [0, 0.05) is 54.5 Å². The van der Waals surface area contributed by atoms with Gasteiger partial charge in [0.1, 0.15) is 5.82 Å². The van der Waals surface area contributed by atoms with E-state index in [9.17, 15) is 9.59 Å². The SMILES string of the molecule is CC(C)CC(C)(S)CC(=O)OCN1C(=O)CCc2ccc(OCCCCN3CCN(c4cccc5ccccc45)CC3)nc21. The molecule has 0 bridgehead atoms. The lowest BCUT2D eigenvalue weighted by Gasteiger charge is -2.36. The summed E-state index contributed by atoms with van der Waals surface area (Å²) in [4.78, 5) is 36.4. The first-order chi connectivity index (χ1) is 21.2. The zero-order valence-electron chi connectivity index (χ0n) is 26.3. The van der Waals surface area contributed by atoms with Crippen LogP contribution in [0.2, 0.25) is 0 Å². The van der Waals surface area contributed by atoms with Crippen molar-refractivity contribution in [1.82, 2.24) is 9.88 Å². The molecule has 0 saturated carbocycles. The fourth-order valence-electron chi connectivity index (χ4n) is 6.36. The van der Waals surface area contributed by atoms with Gasteiger partial charge in [-0.05, 0) is 61.2 Å². The van der Waals surface area contributed by atoms with Crippen LogP contribution in [0.15, 0.2) is 54.6 Å². The Morgan fingerprint density at radius 2 is 1.77 bits per heavy atom. The average molecular weight is 619 g/mol. The molecule has 9 heteroatoms. The standard InChI is InChI=1S/C35H46N4O4S/c1-26(2)23-35(3,44)24-33(41)43-25-39-32(40)16-14-28-13-15-31(36-34(28)39)42-22-7-6-17-37-18-20-38(21-19-37)30-12-8-10-27-9-4-5-11-29(27)30/h4-5,8-13,15,26,44H,6-7,14,16-25H2,1-3H3. The highest BCUT2D eigenvalue weighted by atomic mass is 32.1. The number of ether oxygens (including phenoxy) is 2. The average Bonchev–Trinajstić information content (AvgIpc) is 2.99. The molecule has 1 atom stereocenters. The van der Waals surface area contributed by atoms with Crippen LogP contribution in [-0.2, 0) is 20.7 Å². The number of rotatable bonds is 13. The molecule has 2 aliphatic heterocycles. The van der Waals surface area contributed by atoms with E-state index in [0.29, 0.717) is 37.1 Å². The molecule has 0 radical (unpaired) electrons. The summed E-state index contributed by atoms with van der Waals surface area (Å²) in [6, 6.07) is 19.0. The Hall–Kier alpha value is -3.30. The van der Waals surface area contributed by atoms with Crippen molar-refractivity contribution in [2.75, 3.05) is 55.9 Å². The highest BCUT2D eigenvalue weighted by Crippen LogP contribution is 2.31. The lowest BCUT2D eigenvalue weighted by molar-refractivity contribution is -0.144. The zero-order valence-corrected chi connectivity index (χ0v) is 27.2. The molecule has 1 amide bonds. The van der Waals surface area contributed by atoms with Gasteiger partial charge in [-0.3, -0.25) is 19.4 Å². The second kappa shape index (κ2) is 14.7. The molecule has 0 aliphatic carbocycles. The number of aryl methyl sites for hydroxylation is 1. The predicted molar refractivity (Wildman–Crippen MR) is 180 cm³/mol. The molecule has 3 heterocycles. The Labute approximate surface area is 267 Å². The van der Waals surface area contributed by atoms with Crippen LogP contribution >= 0.6 is 12.6 Å². The second-order valence-corrected chi connectivity index (χ2v) is 13.8. The van der Waals surface area contributed by atoms with Crippen LogP contribution in [-0.4, -0.2) is 72.6 Å². The fourth-order valence-corrected chi connectivity index (χ4v) is 6.85. The summed E-state index contributed by atoms with van der Waals surface area (Å²) in [6.07, 6.45) is 3.91. The third-order valence-corrected chi connectivity index (χ3v) is 8.76. The number of esters is 1. The highest BCUT2D eigenvalue weighted by Gasteiger charge is 2.29. The summed E-state index contributed by atoms with van der Waals surface area (Å²) >= 11 is 4.65. The van der Waals surface area contributed by atoms with Crippen molar-refractivity contribution >= 4 is 46.8 Å². The number of unbranched alkanes of at least 4 members (excludes halogenated alkanes) is 1. The minimum atomic E-state index is -0.458. The topological polar surface area (TPSA) is 75.2 Å². The van der Waals surface area contributed by atoms with Gasteiger partial charge in [0.2, 0.25) is 11.8 Å². The third-order valence-electron chi connectivity index (χ3n) is 8.42. The van der Waals surface area contributed by atoms with Crippen LogP contribution in [0.25, 0.3) is 10.8 Å². The Morgan fingerprint density at radius 3 is 2.57 bits per heavy atom. The Kier molecular flexibility index (Phi) is 10.7. The molecular formula is C35H46N4O4S. The van der Waals surface area contributed by atoms with Crippen LogP contribution in [0.3, 0.4) is 0 Å². The molecule has 2 aromatic carbocycles. The maximum atomic E-state index is 12.8. The molecule has 1 saturated heterocycles. The first kappa shape index (κ1) is 32.1. The predicted octanol–water partition coefficient (Wildman–Crippen LogP) is 6.12. The van der Waals surface area contributed by atoms with Gasteiger partial charge in [0.15, 0.2) is 6.73 Å². The smallest absolute Gasteiger partial charge is 0.308 e. The number of hydrogen-bond acceptors (Lipinski definition) is 8. The molecule has 8 nitrogen and oxygen atoms in total. The van der Waals surface area contributed by atoms with Crippen molar-refractivity contribution in [3.8, 4) is 5.88 Å². The number of aromatic nitrogens is 1. The normalized spacial score (nSPS) is 17.1. The molecule has 44 heavy (non-hydrogen) atoms. The van der Waals surface area contributed by atoms with Crippen molar-refractivity contribution in [2.45, 2.75) is 64.0 Å². The third kappa shape index (κ3) is 8.45. The first-order valence-electron chi connectivity index (χ1n) is 15.9. The number of pyridine rings is 1. The lowest BCUT2D eigenvalue weighted by Crippen LogP contribution is -2.46. The summed E-state index contributed by atoms with van der Waals surface area (Å²) in [6.45, 7) is 11.7. The van der Waals surface area contributed by atoms with Crippen molar-refractivity contribution < 1.29 is 19.1 Å². The lowest BCUT2D eigenvalue weighted by atomic mass is 9.95. The van der Waals surface area contributed by atoms with Gasteiger partial charge in [-0.1, -0.05) is 57.2 Å². The van der Waals surface area contributed by atoms with Gasteiger partial charge in [-0.15, -0.1) is 0 Å². The molecule has 236 valence electrons. The quantitative estimate of drug-likeness (QED) is 0.141. The number of carbonyl (C=O) groups is 2. The maximum Gasteiger partial charge on any atom is 0.308 e. The monoisotopic (exact) mass is 618 g/mol. The first-order valence-corrected chi connectivity index (χ1v) is 16.4. The van der Waals surface area contributed by atoms with E-state index in [1.165, 1.54) is 21.4 Å². The molecule has 1 aromatic heterocycles. The molecule has 3 aromatic rings. The number of anilines is 2. The minimum Gasteiger partial charge on any atom is -0.478 e. The van der Waals surface area contributed by atoms with E-state index in [1.807, 2.05) is 19.1 Å². The summed E-state index contributed by atoms with van der Waals surface area (Å²) in [5.74, 6) is 0.946. The van der Waals surface area contributed by atoms with Crippen LogP contribution < -0.4 is 14.5 Å². The summed E-state index contributed by atoms with van der Waals surface area (Å²) in [5.41, 5.74) is 2.28. The van der Waals surface area contributed by atoms with Crippen molar-refractivity contribution in [3.05, 3.63) is 60.2 Å². The number of thiol groups is 1. The van der Waals surface area contributed by atoms with Gasteiger partial charge in [-0.25, -0.2) is 0 Å². The number of piperazine rings is 1. The van der Waals surface area contributed by atoms with Gasteiger partial charge in [0.25, 0.3) is 0 Å². The maximum absolute atomic E-state index is 12.8. The van der Waals surface area contributed by atoms with Crippen LogP contribution in [0.5, 0.6) is 5.88 Å². The molecular weight excluding hydrogens is 572 g/mol. The second-order valence-electron chi connectivity index (χ2n) is 12.8. The summed E-state index contributed by atoms with van der Waals surface area (Å²) in [7, 11) is 0. The van der Waals surface area contributed by atoms with E-state index in [2.05, 4.69) is 83.7 Å². The number of hydrogen-bond donors (Lipinski definition) is 1. The van der Waals surface area contributed by atoms with E-state index in [0.717, 1.165) is 57.5 Å². The van der Waals surface area contributed by atoms with Crippen LogP contribution in [0.4, 0.5) is 11.5 Å². The van der Waals surface area contributed by atoms with E-state index < -0.39 is 4.75 Å². The van der Waals surface area contributed by atoms with Gasteiger partial charge in [-0.2, -0.15) is 17.6 Å². The molecule has 2 aliphatic rings. The van der Waals surface area contributed by atoms with Crippen LogP contribution in [0, 0.1) is 5.92 Å². The fraction of sp³-hybridized carbons (Fsp3) is 0.514. The number of benzene rings is 2. The summed E-state index contributed by atoms with van der Waals surface area (Å²) < 4.78 is 11.1. The van der Waals surface area contributed by atoms with E-state index in [-0.39, 0.29) is 25.0 Å². The van der Waals surface area contributed by atoms with Crippen molar-refractivity contribution in [3.63, 3.8) is 0 Å². The van der Waals surface area contributed by atoms with Crippen molar-refractivity contribution in [2.24, 2.45) is 5.92 Å². The van der Waals surface area contributed by atoms with Gasteiger partial charge in [0.05, 0.1) is 13.0 Å². The van der Waals surface area contributed by atoms with Crippen LogP contribution in [0.1, 0.15) is 58.4 Å². The highest BCUT2D eigenvalue weighted by molar-refractivity contribution is 7.81.